The van der Waals surface area contributed by atoms with E-state index in [1.807, 2.05) is 30.3 Å². The second kappa shape index (κ2) is 21.0. The summed E-state index contributed by atoms with van der Waals surface area (Å²) in [6.45, 7) is 4.10. The summed E-state index contributed by atoms with van der Waals surface area (Å²) in [5, 5.41) is 2.97. The molecule has 1 heterocycles. The predicted octanol–water partition coefficient (Wildman–Crippen LogP) is 9.43. The summed E-state index contributed by atoms with van der Waals surface area (Å²) in [7, 11) is 0. The van der Waals surface area contributed by atoms with Crippen LogP contribution < -0.4 is 10.1 Å². The van der Waals surface area contributed by atoms with Gasteiger partial charge in [-0.3, -0.25) is 4.79 Å². The molecule has 5 heteroatoms. The van der Waals surface area contributed by atoms with Gasteiger partial charge in [-0.1, -0.05) is 127 Å². The Labute approximate surface area is 249 Å². The van der Waals surface area contributed by atoms with Gasteiger partial charge in [-0.2, -0.15) is 0 Å². The van der Waals surface area contributed by atoms with E-state index < -0.39 is 0 Å². The highest BCUT2D eigenvalue weighted by Gasteiger charge is 2.10. The molecule has 0 saturated heterocycles. The number of nitrogens with zero attached hydrogens (tertiary/aromatic N) is 2. The average Bonchev–Trinajstić information content (AvgIpc) is 3.35. The van der Waals surface area contributed by atoms with Crippen LogP contribution in [-0.4, -0.2) is 28.6 Å². The number of carbonyl (C=O) groups excluding carboxylic acids is 1. The SMILES string of the molecule is CCCCCCCCCCCCCCCCn1c(CCCCCNC(=O)COc2ccccc2)nc2ccccc21. The first-order chi connectivity index (χ1) is 20.3. The van der Waals surface area contributed by atoms with Crippen LogP contribution in [-0.2, 0) is 17.8 Å². The molecule has 1 aromatic heterocycles. The summed E-state index contributed by atoms with van der Waals surface area (Å²) in [6.07, 6.45) is 23.5. The van der Waals surface area contributed by atoms with Crippen molar-refractivity contribution < 1.29 is 9.53 Å². The van der Waals surface area contributed by atoms with E-state index >= 15 is 0 Å². The second-order valence-corrected chi connectivity index (χ2v) is 11.5. The highest BCUT2D eigenvalue weighted by atomic mass is 16.5. The molecule has 0 bridgehead atoms. The molecule has 0 aliphatic heterocycles. The summed E-state index contributed by atoms with van der Waals surface area (Å²) in [5.74, 6) is 1.87. The van der Waals surface area contributed by atoms with E-state index in [0.29, 0.717) is 6.54 Å². The van der Waals surface area contributed by atoms with Gasteiger partial charge >= 0.3 is 0 Å². The van der Waals surface area contributed by atoms with Gasteiger partial charge in [0.05, 0.1) is 11.0 Å². The predicted molar refractivity (Wildman–Crippen MR) is 173 cm³/mol. The summed E-state index contributed by atoms with van der Waals surface area (Å²) in [4.78, 5) is 17.0. The number of para-hydroxylation sites is 3. The number of hydrogen-bond acceptors (Lipinski definition) is 3. The van der Waals surface area contributed by atoms with Gasteiger partial charge in [0, 0.05) is 19.5 Å². The van der Waals surface area contributed by atoms with Crippen molar-refractivity contribution in [3.05, 3.63) is 60.4 Å². The van der Waals surface area contributed by atoms with Crippen LogP contribution in [0.2, 0.25) is 0 Å². The number of imidazole rings is 1. The maximum Gasteiger partial charge on any atom is 0.257 e. The van der Waals surface area contributed by atoms with Crippen LogP contribution in [0, 0.1) is 0 Å². The molecule has 5 nitrogen and oxygen atoms in total. The first-order valence-electron chi connectivity index (χ1n) is 16.7. The molecule has 1 amide bonds. The van der Waals surface area contributed by atoms with Crippen LogP contribution in [0.4, 0.5) is 0 Å². The number of amides is 1. The number of aryl methyl sites for hydroxylation is 2. The lowest BCUT2D eigenvalue weighted by Crippen LogP contribution is -2.29. The lowest BCUT2D eigenvalue weighted by molar-refractivity contribution is -0.123. The third kappa shape index (κ3) is 13.6. The zero-order chi connectivity index (χ0) is 28.8. The van der Waals surface area contributed by atoms with Crippen molar-refractivity contribution in [2.45, 2.75) is 129 Å². The van der Waals surface area contributed by atoms with E-state index in [4.69, 9.17) is 9.72 Å². The molecule has 0 atom stereocenters. The van der Waals surface area contributed by atoms with Crippen molar-refractivity contribution in [3.63, 3.8) is 0 Å². The second-order valence-electron chi connectivity index (χ2n) is 11.5. The highest BCUT2D eigenvalue weighted by molar-refractivity contribution is 5.77. The Morgan fingerprint density at radius 1 is 0.707 bits per heavy atom. The Morgan fingerprint density at radius 3 is 1.98 bits per heavy atom. The number of aromatic nitrogens is 2. The number of unbranched alkanes of at least 4 members (excludes halogenated alkanes) is 15. The van der Waals surface area contributed by atoms with E-state index in [1.54, 1.807) is 0 Å². The number of nitrogens with one attached hydrogen (secondary N) is 1. The van der Waals surface area contributed by atoms with E-state index in [0.717, 1.165) is 43.5 Å². The quantitative estimate of drug-likeness (QED) is 0.111. The molecule has 0 aliphatic rings. The summed E-state index contributed by atoms with van der Waals surface area (Å²) >= 11 is 0. The Bertz CT molecular complexity index is 1080. The van der Waals surface area contributed by atoms with Crippen LogP contribution >= 0.6 is 0 Å². The lowest BCUT2D eigenvalue weighted by Gasteiger charge is -2.10. The Morgan fingerprint density at radius 2 is 1.29 bits per heavy atom. The fraction of sp³-hybridized carbons (Fsp3) is 0.611. The van der Waals surface area contributed by atoms with Gasteiger partial charge in [0.15, 0.2) is 6.61 Å². The fourth-order valence-electron chi connectivity index (χ4n) is 5.56. The van der Waals surface area contributed by atoms with Crippen molar-refractivity contribution >= 4 is 16.9 Å². The molecule has 1 N–H and O–H groups in total. The maximum atomic E-state index is 12.0. The van der Waals surface area contributed by atoms with Crippen LogP contribution in [0.5, 0.6) is 5.75 Å². The minimum Gasteiger partial charge on any atom is -0.484 e. The van der Waals surface area contributed by atoms with E-state index in [-0.39, 0.29) is 12.5 Å². The Hall–Kier alpha value is -2.82. The monoisotopic (exact) mass is 561 g/mol. The normalized spacial score (nSPS) is 11.2. The third-order valence-electron chi connectivity index (χ3n) is 7.98. The van der Waals surface area contributed by atoms with E-state index in [9.17, 15) is 4.79 Å². The molecule has 3 rings (SSSR count). The zero-order valence-corrected chi connectivity index (χ0v) is 25.8. The molecule has 3 aromatic rings. The van der Waals surface area contributed by atoms with Crippen LogP contribution in [0.25, 0.3) is 11.0 Å². The number of ether oxygens (including phenoxy) is 1. The lowest BCUT2D eigenvalue weighted by atomic mass is 10.0. The van der Waals surface area contributed by atoms with Crippen LogP contribution in [0.15, 0.2) is 54.6 Å². The number of benzene rings is 2. The summed E-state index contributed by atoms with van der Waals surface area (Å²) < 4.78 is 7.97. The first kappa shape index (κ1) is 32.7. The molecule has 0 saturated carbocycles. The van der Waals surface area contributed by atoms with Gasteiger partial charge in [0.1, 0.15) is 11.6 Å². The van der Waals surface area contributed by atoms with Gasteiger partial charge in [-0.25, -0.2) is 4.98 Å². The molecular weight excluding hydrogens is 506 g/mol. The van der Waals surface area contributed by atoms with Crippen molar-refractivity contribution in [1.82, 2.24) is 14.9 Å². The van der Waals surface area contributed by atoms with E-state index in [2.05, 4.69) is 41.1 Å². The molecular formula is C36H55N3O2. The molecule has 2 aromatic carbocycles. The van der Waals surface area contributed by atoms with Gasteiger partial charge < -0.3 is 14.6 Å². The standard InChI is InChI=1S/C36H55N3O2/c1-2-3-4-5-6-7-8-9-10-11-12-13-14-23-30-39-34-27-21-20-26-33(34)38-35(39)28-19-16-22-29-37-36(40)31-41-32-24-17-15-18-25-32/h15,17-18,20-21,24-27H,2-14,16,19,22-23,28-31H2,1H3,(H,37,40). The van der Waals surface area contributed by atoms with Gasteiger partial charge in [-0.05, 0) is 43.5 Å². The van der Waals surface area contributed by atoms with Gasteiger partial charge in [0.25, 0.3) is 5.91 Å². The van der Waals surface area contributed by atoms with E-state index in [1.165, 1.54) is 101 Å². The molecule has 226 valence electrons. The number of carbonyl (C=O) groups is 1. The van der Waals surface area contributed by atoms with Crippen molar-refractivity contribution in [1.29, 1.82) is 0 Å². The summed E-state index contributed by atoms with van der Waals surface area (Å²) in [6, 6.07) is 18.0. The highest BCUT2D eigenvalue weighted by Crippen LogP contribution is 2.20. The minimum atomic E-state index is -0.0659. The molecule has 0 radical (unpaired) electrons. The smallest absolute Gasteiger partial charge is 0.257 e. The molecule has 0 spiro atoms. The number of hydrogen-bond donors (Lipinski definition) is 1. The molecule has 0 fully saturated rings. The molecule has 0 unspecified atom stereocenters. The topological polar surface area (TPSA) is 56.2 Å². The molecule has 41 heavy (non-hydrogen) atoms. The van der Waals surface area contributed by atoms with Crippen LogP contribution in [0.3, 0.4) is 0 Å². The average molecular weight is 562 g/mol. The Kier molecular flexibility index (Phi) is 16.7. The van der Waals surface area contributed by atoms with Crippen LogP contribution in [0.1, 0.15) is 122 Å². The zero-order valence-electron chi connectivity index (χ0n) is 25.8. The van der Waals surface area contributed by atoms with Crippen molar-refractivity contribution in [2.24, 2.45) is 0 Å². The summed E-state index contributed by atoms with van der Waals surface area (Å²) in [5.41, 5.74) is 2.38. The van der Waals surface area contributed by atoms with Crippen molar-refractivity contribution in [3.8, 4) is 5.75 Å². The molecule has 0 aliphatic carbocycles. The fourth-order valence-corrected chi connectivity index (χ4v) is 5.56. The largest absolute Gasteiger partial charge is 0.484 e. The van der Waals surface area contributed by atoms with Crippen molar-refractivity contribution in [2.75, 3.05) is 13.2 Å². The minimum absolute atomic E-state index is 0.0628. The third-order valence-corrected chi connectivity index (χ3v) is 7.98. The van der Waals surface area contributed by atoms with Gasteiger partial charge in [0.2, 0.25) is 0 Å². The first-order valence-corrected chi connectivity index (χ1v) is 16.7. The number of rotatable bonds is 24. The Balaban J connectivity index is 1.25. The maximum absolute atomic E-state index is 12.0. The van der Waals surface area contributed by atoms with Gasteiger partial charge in [-0.15, -0.1) is 0 Å². The number of fused-ring (bicyclic) bond motifs is 1.